The van der Waals surface area contributed by atoms with E-state index in [1.165, 1.54) is 5.56 Å². The van der Waals surface area contributed by atoms with Crippen molar-refractivity contribution in [2.45, 2.75) is 37.5 Å². The second-order valence-electron chi connectivity index (χ2n) is 6.36. The van der Waals surface area contributed by atoms with E-state index in [-0.39, 0.29) is 11.9 Å². The van der Waals surface area contributed by atoms with E-state index < -0.39 is 5.60 Å². The van der Waals surface area contributed by atoms with Crippen LogP contribution in [0.25, 0.3) is 0 Å². The largest absolute Gasteiger partial charge is 0.387 e. The van der Waals surface area contributed by atoms with Crippen molar-refractivity contribution < 1.29 is 9.90 Å². The molecule has 2 aliphatic heterocycles. The van der Waals surface area contributed by atoms with Crippen LogP contribution in [-0.4, -0.2) is 52.2 Å². The number of hydrogen-bond acceptors (Lipinski definition) is 4. The molecule has 1 aromatic rings. The van der Waals surface area contributed by atoms with Crippen LogP contribution >= 0.6 is 11.8 Å². The third-order valence-corrected chi connectivity index (χ3v) is 5.80. The number of carbonyl (C=O) groups is 1. The van der Waals surface area contributed by atoms with Gasteiger partial charge in [0.25, 0.3) is 0 Å². The van der Waals surface area contributed by atoms with Gasteiger partial charge in [0.2, 0.25) is 5.91 Å². The minimum Gasteiger partial charge on any atom is -0.387 e. The highest BCUT2D eigenvalue weighted by Gasteiger charge is 2.35. The van der Waals surface area contributed by atoms with Crippen LogP contribution in [0.15, 0.2) is 30.3 Å². The Morgan fingerprint density at radius 3 is 2.95 bits per heavy atom. The molecule has 2 heterocycles. The number of carbonyl (C=O) groups excluding carboxylic acids is 1. The third-order valence-electron chi connectivity index (χ3n) is 4.57. The zero-order chi connectivity index (χ0) is 15.4. The van der Waals surface area contributed by atoms with Crippen molar-refractivity contribution in [3.05, 3.63) is 35.9 Å². The molecule has 4 nitrogen and oxygen atoms in total. The fourth-order valence-electron chi connectivity index (χ4n) is 3.24. The highest BCUT2D eigenvalue weighted by Crippen LogP contribution is 2.27. The number of rotatable bonds is 5. The molecule has 1 amide bonds. The Bertz CT molecular complexity index is 503. The molecular weight excluding hydrogens is 296 g/mol. The first-order chi connectivity index (χ1) is 10.7. The predicted molar refractivity (Wildman–Crippen MR) is 89.8 cm³/mol. The quantitative estimate of drug-likeness (QED) is 0.866. The van der Waals surface area contributed by atoms with Gasteiger partial charge in [-0.2, -0.15) is 11.8 Å². The van der Waals surface area contributed by atoms with E-state index in [1.54, 1.807) is 11.8 Å². The van der Waals surface area contributed by atoms with Crippen LogP contribution < -0.4 is 5.32 Å². The maximum atomic E-state index is 12.5. The molecule has 0 spiro atoms. The normalized spacial score (nSPS) is 28.9. The van der Waals surface area contributed by atoms with Crippen molar-refractivity contribution in [2.75, 3.05) is 24.6 Å². The lowest BCUT2D eigenvalue weighted by Crippen LogP contribution is -2.49. The summed E-state index contributed by atoms with van der Waals surface area (Å²) < 4.78 is 0. The molecule has 2 N–H and O–H groups in total. The molecule has 0 radical (unpaired) electrons. The molecule has 0 aromatic heterocycles. The summed E-state index contributed by atoms with van der Waals surface area (Å²) in [6.07, 6.45) is 2.74. The van der Waals surface area contributed by atoms with E-state index in [2.05, 4.69) is 22.3 Å². The smallest absolute Gasteiger partial charge is 0.237 e. The average molecular weight is 320 g/mol. The molecule has 22 heavy (non-hydrogen) atoms. The molecule has 1 aromatic carbocycles. The Labute approximate surface area is 136 Å². The zero-order valence-corrected chi connectivity index (χ0v) is 13.6. The van der Waals surface area contributed by atoms with Crippen molar-refractivity contribution in [1.82, 2.24) is 10.2 Å². The van der Waals surface area contributed by atoms with Gasteiger partial charge in [-0.1, -0.05) is 30.3 Å². The monoisotopic (exact) mass is 320 g/mol. The summed E-state index contributed by atoms with van der Waals surface area (Å²) in [4.78, 5) is 14.7. The van der Waals surface area contributed by atoms with E-state index in [0.717, 1.165) is 43.9 Å². The van der Waals surface area contributed by atoms with E-state index in [1.807, 2.05) is 18.2 Å². The molecule has 0 saturated carbocycles. The van der Waals surface area contributed by atoms with Crippen molar-refractivity contribution in [3.8, 4) is 0 Å². The molecule has 0 aliphatic carbocycles. The minimum atomic E-state index is -0.705. The van der Waals surface area contributed by atoms with Crippen LogP contribution in [0, 0.1) is 0 Å². The van der Waals surface area contributed by atoms with E-state index in [4.69, 9.17) is 0 Å². The van der Waals surface area contributed by atoms with E-state index in [9.17, 15) is 9.90 Å². The number of nitrogens with one attached hydrogen (secondary N) is 1. The molecule has 2 fully saturated rings. The summed E-state index contributed by atoms with van der Waals surface area (Å²) in [6.45, 7) is 2.17. The fraction of sp³-hybridized carbons (Fsp3) is 0.588. The highest BCUT2D eigenvalue weighted by molar-refractivity contribution is 7.99. The van der Waals surface area contributed by atoms with Gasteiger partial charge >= 0.3 is 0 Å². The van der Waals surface area contributed by atoms with Gasteiger partial charge in [-0.15, -0.1) is 0 Å². The number of benzene rings is 1. The van der Waals surface area contributed by atoms with E-state index >= 15 is 0 Å². The van der Waals surface area contributed by atoms with Gasteiger partial charge in [-0.3, -0.25) is 9.69 Å². The number of amides is 1. The summed E-state index contributed by atoms with van der Waals surface area (Å²) in [6, 6.07) is 10.2. The molecule has 3 rings (SSSR count). The SMILES string of the molecule is O=C(NC[C@]1(O)CCSC1)[C@H]1CCCN1Cc1ccccc1. The van der Waals surface area contributed by atoms with Gasteiger partial charge in [-0.05, 0) is 37.1 Å². The first kappa shape index (κ1) is 15.8. The Balaban J connectivity index is 1.54. The molecule has 0 bridgehead atoms. The number of hydrogen-bond donors (Lipinski definition) is 2. The molecule has 120 valence electrons. The maximum absolute atomic E-state index is 12.5. The summed E-state index contributed by atoms with van der Waals surface area (Å²) in [5, 5.41) is 13.3. The van der Waals surface area contributed by atoms with Crippen molar-refractivity contribution in [2.24, 2.45) is 0 Å². The summed E-state index contributed by atoms with van der Waals surface area (Å²) >= 11 is 1.76. The van der Waals surface area contributed by atoms with Gasteiger partial charge in [-0.25, -0.2) is 0 Å². The lowest BCUT2D eigenvalue weighted by Gasteiger charge is -2.26. The fourth-order valence-corrected chi connectivity index (χ4v) is 4.53. The summed E-state index contributed by atoms with van der Waals surface area (Å²) in [5.41, 5.74) is 0.538. The van der Waals surface area contributed by atoms with Crippen LogP contribution in [0.4, 0.5) is 0 Å². The third kappa shape index (κ3) is 3.83. The Morgan fingerprint density at radius 2 is 2.23 bits per heavy atom. The Morgan fingerprint density at radius 1 is 1.41 bits per heavy atom. The highest BCUT2D eigenvalue weighted by atomic mass is 32.2. The first-order valence-electron chi connectivity index (χ1n) is 8.02. The Hall–Kier alpha value is -1.04. The standard InChI is InChI=1S/C17H24N2O2S/c20-16(18-12-17(21)8-10-22-13-17)15-7-4-9-19(15)11-14-5-2-1-3-6-14/h1-3,5-6,15,21H,4,7-13H2,(H,18,20)/t15-,17-/m1/s1. The lowest BCUT2D eigenvalue weighted by molar-refractivity contribution is -0.126. The Kier molecular flexibility index (Phi) is 5.06. The zero-order valence-electron chi connectivity index (χ0n) is 12.8. The topological polar surface area (TPSA) is 52.6 Å². The molecule has 2 saturated heterocycles. The first-order valence-corrected chi connectivity index (χ1v) is 9.18. The molecule has 0 unspecified atom stereocenters. The van der Waals surface area contributed by atoms with Crippen LogP contribution in [0.5, 0.6) is 0 Å². The minimum absolute atomic E-state index is 0.0575. The molecular formula is C17H24N2O2S. The second kappa shape index (κ2) is 7.02. The van der Waals surface area contributed by atoms with Crippen LogP contribution in [0.1, 0.15) is 24.8 Å². The number of nitrogens with zero attached hydrogens (tertiary/aromatic N) is 1. The predicted octanol–water partition coefficient (Wildman–Crippen LogP) is 1.64. The molecule has 2 atom stereocenters. The second-order valence-corrected chi connectivity index (χ2v) is 7.46. The van der Waals surface area contributed by atoms with Crippen LogP contribution in [0.2, 0.25) is 0 Å². The van der Waals surface area contributed by atoms with Gasteiger partial charge in [0, 0.05) is 18.8 Å². The number of thioether (sulfide) groups is 1. The summed E-state index contributed by atoms with van der Waals surface area (Å²) in [5.74, 6) is 1.78. The average Bonchev–Trinajstić information content (AvgIpc) is 3.16. The maximum Gasteiger partial charge on any atom is 0.237 e. The van der Waals surface area contributed by atoms with Gasteiger partial charge < -0.3 is 10.4 Å². The number of likely N-dealkylation sites (tertiary alicyclic amines) is 1. The summed E-state index contributed by atoms with van der Waals surface area (Å²) in [7, 11) is 0. The number of aliphatic hydroxyl groups is 1. The van der Waals surface area contributed by atoms with Gasteiger partial charge in [0.15, 0.2) is 0 Å². The molecule has 2 aliphatic rings. The lowest BCUT2D eigenvalue weighted by atomic mass is 10.0. The van der Waals surface area contributed by atoms with Crippen molar-refractivity contribution in [1.29, 1.82) is 0 Å². The molecule has 5 heteroatoms. The van der Waals surface area contributed by atoms with Gasteiger partial charge in [0.05, 0.1) is 11.6 Å². The van der Waals surface area contributed by atoms with Crippen molar-refractivity contribution >= 4 is 17.7 Å². The van der Waals surface area contributed by atoms with Crippen LogP contribution in [0.3, 0.4) is 0 Å². The van der Waals surface area contributed by atoms with E-state index in [0.29, 0.717) is 6.54 Å². The van der Waals surface area contributed by atoms with Gasteiger partial charge in [0.1, 0.15) is 0 Å². The van der Waals surface area contributed by atoms with Crippen LogP contribution in [-0.2, 0) is 11.3 Å². The van der Waals surface area contributed by atoms with Crippen molar-refractivity contribution in [3.63, 3.8) is 0 Å².